The lowest BCUT2D eigenvalue weighted by Gasteiger charge is -2.49. The van der Waals surface area contributed by atoms with Crippen LogP contribution in [0.2, 0.25) is 0 Å². The van der Waals surface area contributed by atoms with Crippen molar-refractivity contribution in [1.29, 1.82) is 0 Å². The molecule has 306 valence electrons. The summed E-state index contributed by atoms with van der Waals surface area (Å²) in [5.41, 5.74) is 2.98. The Labute approximate surface area is 333 Å². The molecule has 0 aliphatic carbocycles. The summed E-state index contributed by atoms with van der Waals surface area (Å²) < 4.78 is 66.2. The van der Waals surface area contributed by atoms with E-state index in [-0.39, 0.29) is 71.6 Å². The van der Waals surface area contributed by atoms with Gasteiger partial charge in [-0.05, 0) is 109 Å². The van der Waals surface area contributed by atoms with Crippen molar-refractivity contribution < 1.29 is 41.1 Å². The van der Waals surface area contributed by atoms with E-state index in [1.807, 2.05) is 57.2 Å². The quantitative estimate of drug-likeness (QED) is 0.127. The lowest BCUT2D eigenvalue weighted by molar-refractivity contribution is -0.299. The number of anilines is 1. The van der Waals surface area contributed by atoms with Crippen molar-refractivity contribution in [2.45, 2.75) is 124 Å². The van der Waals surface area contributed by atoms with Crippen LogP contribution in [-0.2, 0) is 29.1 Å². The first-order valence-electron chi connectivity index (χ1n) is 20.4. The van der Waals surface area contributed by atoms with Gasteiger partial charge in [0, 0.05) is 11.6 Å². The minimum absolute atomic E-state index is 0.0171. The molecule has 0 aromatic heterocycles. The van der Waals surface area contributed by atoms with Gasteiger partial charge in [0.25, 0.3) is 0 Å². The fraction of sp³-hybridized carbons (Fsp3) is 0.578. The third-order valence-electron chi connectivity index (χ3n) is 13.1. The highest BCUT2D eigenvalue weighted by Gasteiger charge is 2.50. The highest BCUT2D eigenvalue weighted by Crippen LogP contribution is 2.48. The number of halogens is 1. The van der Waals surface area contributed by atoms with Crippen LogP contribution in [0.25, 0.3) is 0 Å². The number of aryl methyl sites for hydroxylation is 1. The molecule has 3 heterocycles. The van der Waals surface area contributed by atoms with Gasteiger partial charge in [-0.25, -0.2) is 4.39 Å². The molecule has 3 aromatic rings. The van der Waals surface area contributed by atoms with Crippen molar-refractivity contribution in [1.82, 2.24) is 0 Å². The van der Waals surface area contributed by atoms with Crippen LogP contribution in [0.1, 0.15) is 103 Å². The Kier molecular flexibility index (Phi) is 13.3. The van der Waals surface area contributed by atoms with E-state index in [1.165, 1.54) is 12.1 Å². The largest absolute Gasteiger partial charge is 0.388 e. The zero-order chi connectivity index (χ0) is 40.5. The molecule has 4 unspecified atom stereocenters. The molecule has 1 amide bonds. The minimum atomic E-state index is -4.07. The fourth-order valence-electron chi connectivity index (χ4n) is 9.06. The maximum Gasteiger partial charge on any atom is 0.311 e. The fourth-order valence-corrected chi connectivity index (χ4v) is 10.3. The number of aliphatic hydroxyl groups excluding tert-OH is 1. The second-order valence-corrected chi connectivity index (χ2v) is 18.1. The van der Waals surface area contributed by atoms with Crippen LogP contribution in [0.3, 0.4) is 0 Å². The summed E-state index contributed by atoms with van der Waals surface area (Å²) in [6, 6.07) is 20.0. The lowest BCUT2D eigenvalue weighted by atomic mass is 9.77. The molecule has 0 saturated carbocycles. The standard InChI is InChI=1S/C45H60FNO8S/c1-9-39-28(5)27(4)31(8)45(53-39)54-43-30(7)29(6)41(52-40(43)10-2)25-56(50,51)55-35-20-21-36(26(3)24-35)42-37(44(49)47(42)34-14-12-11-13-15-34)22-23-38(48)32-16-18-33(46)19-17-32/h11-21,24,27-31,37-43,45,48H,9-10,22-23,25H2,1-8H3/t27-,28-,29-,30+,31-,37+,38-,39?,40?,41?,42+,43-,45?/m0/s1. The Morgan fingerprint density at radius 3 is 2.12 bits per heavy atom. The number of β-lactam (4-membered cyclic amide) rings is 1. The summed E-state index contributed by atoms with van der Waals surface area (Å²) in [5, 5.41) is 10.9. The molecule has 9 nitrogen and oxygen atoms in total. The van der Waals surface area contributed by atoms with Crippen LogP contribution in [0, 0.1) is 48.2 Å². The normalized spacial score (nSPS) is 32.8. The van der Waals surface area contributed by atoms with Crippen LogP contribution in [-0.4, -0.2) is 55.9 Å². The summed E-state index contributed by atoms with van der Waals surface area (Å²) in [7, 11) is -4.07. The molecule has 56 heavy (non-hydrogen) atoms. The van der Waals surface area contributed by atoms with Gasteiger partial charge in [0.2, 0.25) is 5.91 Å². The van der Waals surface area contributed by atoms with Crippen molar-refractivity contribution in [3.8, 4) is 5.75 Å². The highest BCUT2D eigenvalue weighted by atomic mass is 32.2. The number of hydrogen-bond donors (Lipinski definition) is 1. The Morgan fingerprint density at radius 1 is 0.821 bits per heavy atom. The van der Waals surface area contributed by atoms with Crippen LogP contribution >= 0.6 is 0 Å². The number of ether oxygens (including phenoxy) is 3. The molecule has 3 aromatic carbocycles. The second-order valence-electron chi connectivity index (χ2n) is 16.5. The number of para-hydroxylation sites is 1. The third kappa shape index (κ3) is 8.87. The number of carbonyl (C=O) groups is 1. The monoisotopic (exact) mass is 793 g/mol. The molecule has 0 bridgehead atoms. The number of nitrogens with zero attached hydrogens (tertiary/aromatic N) is 1. The van der Waals surface area contributed by atoms with E-state index < -0.39 is 28.2 Å². The predicted molar refractivity (Wildman–Crippen MR) is 215 cm³/mol. The van der Waals surface area contributed by atoms with Crippen LogP contribution < -0.4 is 9.08 Å². The van der Waals surface area contributed by atoms with Crippen LogP contribution in [0.15, 0.2) is 72.8 Å². The summed E-state index contributed by atoms with van der Waals surface area (Å²) in [6.07, 6.45) is 0.125. The summed E-state index contributed by atoms with van der Waals surface area (Å²) in [4.78, 5) is 15.4. The lowest BCUT2D eigenvalue weighted by Crippen LogP contribution is -2.55. The zero-order valence-corrected chi connectivity index (χ0v) is 34.8. The van der Waals surface area contributed by atoms with Gasteiger partial charge in [0.1, 0.15) is 17.3 Å². The van der Waals surface area contributed by atoms with E-state index in [2.05, 4.69) is 34.6 Å². The van der Waals surface area contributed by atoms with E-state index in [9.17, 15) is 22.7 Å². The van der Waals surface area contributed by atoms with Crippen molar-refractivity contribution >= 4 is 21.7 Å². The first kappa shape index (κ1) is 42.3. The Hall–Kier alpha value is -3.35. The molecular formula is C45H60FNO8S. The maximum atomic E-state index is 13.7. The average Bonchev–Trinajstić information content (AvgIpc) is 3.17. The average molecular weight is 794 g/mol. The third-order valence-corrected chi connectivity index (χ3v) is 14.3. The number of rotatable bonds is 14. The van der Waals surface area contributed by atoms with E-state index in [1.54, 1.807) is 29.2 Å². The van der Waals surface area contributed by atoms with E-state index in [0.717, 1.165) is 23.2 Å². The van der Waals surface area contributed by atoms with Gasteiger partial charge in [0.05, 0.1) is 42.5 Å². The van der Waals surface area contributed by atoms with Gasteiger partial charge in [0.15, 0.2) is 6.29 Å². The molecule has 11 heteroatoms. The Balaban J connectivity index is 1.13. The van der Waals surface area contributed by atoms with E-state index >= 15 is 0 Å². The van der Waals surface area contributed by atoms with Gasteiger partial charge in [-0.15, -0.1) is 0 Å². The van der Waals surface area contributed by atoms with Crippen molar-refractivity contribution in [3.63, 3.8) is 0 Å². The van der Waals surface area contributed by atoms with Crippen molar-refractivity contribution in [3.05, 3.63) is 95.3 Å². The number of hydrogen-bond acceptors (Lipinski definition) is 8. The highest BCUT2D eigenvalue weighted by molar-refractivity contribution is 7.87. The molecule has 13 atom stereocenters. The Bertz CT molecular complexity index is 1890. The molecule has 3 fully saturated rings. The topological polar surface area (TPSA) is 112 Å². The second kappa shape index (κ2) is 17.6. The SMILES string of the molecule is CCC1OC(O[C@@H]2C(CC)OC(CS(=O)(=O)Oc3ccc([C@@H]4[C@@H](CC[C@H](O)c5ccc(F)cc5)C(=O)N4c4ccccc4)c(C)c3)[C@@H](C)[C@H]2C)[C@@H](C)[C@@H](C)[C@@H]1C. The number of benzene rings is 3. The molecule has 1 N–H and O–H groups in total. The van der Waals surface area contributed by atoms with Gasteiger partial charge >= 0.3 is 10.1 Å². The zero-order valence-electron chi connectivity index (χ0n) is 34.0. The van der Waals surface area contributed by atoms with Crippen LogP contribution in [0.4, 0.5) is 10.1 Å². The van der Waals surface area contributed by atoms with Crippen LogP contribution in [0.5, 0.6) is 5.75 Å². The number of carbonyl (C=O) groups excluding carboxylic acids is 1. The van der Waals surface area contributed by atoms with Gasteiger partial charge in [-0.2, -0.15) is 8.42 Å². The smallest absolute Gasteiger partial charge is 0.311 e. The maximum absolute atomic E-state index is 13.7. The van der Waals surface area contributed by atoms with E-state index in [4.69, 9.17) is 18.4 Å². The molecule has 0 radical (unpaired) electrons. The molecule has 3 aliphatic heterocycles. The van der Waals surface area contributed by atoms with E-state index in [0.29, 0.717) is 36.7 Å². The van der Waals surface area contributed by atoms with Gasteiger partial charge in [-0.3, -0.25) is 4.79 Å². The minimum Gasteiger partial charge on any atom is -0.388 e. The molecule has 6 rings (SSSR count). The summed E-state index contributed by atoms with van der Waals surface area (Å²) in [5.74, 6) is 0.0193. The molecule has 3 saturated heterocycles. The summed E-state index contributed by atoms with van der Waals surface area (Å²) >= 11 is 0. The summed E-state index contributed by atoms with van der Waals surface area (Å²) in [6.45, 7) is 16.9. The molecule has 3 aliphatic rings. The number of aliphatic hydroxyl groups is 1. The Morgan fingerprint density at radius 2 is 1.48 bits per heavy atom. The van der Waals surface area contributed by atoms with Crippen molar-refractivity contribution in [2.24, 2.45) is 35.5 Å². The predicted octanol–water partition coefficient (Wildman–Crippen LogP) is 8.94. The van der Waals surface area contributed by atoms with Crippen molar-refractivity contribution in [2.75, 3.05) is 10.7 Å². The molecule has 0 spiro atoms. The first-order chi connectivity index (χ1) is 26.6. The van der Waals surface area contributed by atoms with Gasteiger partial charge < -0.3 is 28.4 Å². The number of amides is 1. The van der Waals surface area contributed by atoms with Gasteiger partial charge in [-0.1, -0.05) is 84.9 Å². The first-order valence-corrected chi connectivity index (χ1v) is 22.0. The molecular weight excluding hydrogens is 734 g/mol.